The predicted octanol–water partition coefficient (Wildman–Crippen LogP) is 3.52. The lowest BCUT2D eigenvalue weighted by atomic mass is 10.2. The van der Waals surface area contributed by atoms with Crippen molar-refractivity contribution in [1.82, 2.24) is 0 Å². The molecular formula is C22H22O8. The van der Waals surface area contributed by atoms with Crippen molar-refractivity contribution in [2.24, 2.45) is 0 Å². The number of carbonyl (C=O) groups is 2. The number of hydrogen-bond donors (Lipinski definition) is 2. The van der Waals surface area contributed by atoms with Crippen LogP contribution in [-0.2, 0) is 9.59 Å². The first-order chi connectivity index (χ1) is 14.2. The van der Waals surface area contributed by atoms with E-state index in [0.717, 1.165) is 0 Å². The van der Waals surface area contributed by atoms with Gasteiger partial charge in [0.2, 0.25) is 0 Å². The van der Waals surface area contributed by atoms with Crippen LogP contribution >= 0.6 is 0 Å². The van der Waals surface area contributed by atoms with Crippen LogP contribution in [0.5, 0.6) is 34.5 Å². The molecule has 0 saturated heterocycles. The SMILES string of the molecule is C=C(C)C(=O)Oc1ccc(OC/C=C(\C)C(=O)Oc2cc(O)ccc2OC)c(O)c1. The molecule has 30 heavy (non-hydrogen) atoms. The molecule has 0 radical (unpaired) electrons. The topological polar surface area (TPSA) is 112 Å². The zero-order valence-corrected chi connectivity index (χ0v) is 16.8. The van der Waals surface area contributed by atoms with Gasteiger partial charge in [0, 0.05) is 23.3 Å². The summed E-state index contributed by atoms with van der Waals surface area (Å²) < 4.78 is 20.7. The minimum absolute atomic E-state index is 0.0312. The molecule has 2 aromatic rings. The Bertz CT molecular complexity index is 991. The Morgan fingerprint density at radius 3 is 2.30 bits per heavy atom. The van der Waals surface area contributed by atoms with Crippen molar-refractivity contribution in [3.63, 3.8) is 0 Å². The number of rotatable bonds is 8. The number of aromatic hydroxyl groups is 2. The first-order valence-corrected chi connectivity index (χ1v) is 8.80. The number of phenols is 2. The van der Waals surface area contributed by atoms with Crippen LogP contribution in [0.25, 0.3) is 0 Å². The maximum absolute atomic E-state index is 12.2. The molecule has 2 rings (SSSR count). The summed E-state index contributed by atoms with van der Waals surface area (Å²) in [6, 6.07) is 8.25. The fourth-order valence-corrected chi connectivity index (χ4v) is 2.14. The summed E-state index contributed by atoms with van der Waals surface area (Å²) in [5.41, 5.74) is 0.470. The van der Waals surface area contributed by atoms with E-state index in [1.54, 1.807) is 0 Å². The summed E-state index contributed by atoms with van der Waals surface area (Å²) in [6.07, 6.45) is 1.46. The molecule has 0 aliphatic heterocycles. The quantitative estimate of drug-likeness (QED) is 0.383. The molecular weight excluding hydrogens is 392 g/mol. The first-order valence-electron chi connectivity index (χ1n) is 8.80. The molecule has 0 amide bonds. The number of ether oxygens (including phenoxy) is 4. The van der Waals surface area contributed by atoms with Crippen LogP contribution in [0.1, 0.15) is 13.8 Å². The fraction of sp³-hybridized carbons (Fsp3) is 0.182. The third-order valence-electron chi connectivity index (χ3n) is 3.79. The highest BCUT2D eigenvalue weighted by Crippen LogP contribution is 2.32. The van der Waals surface area contributed by atoms with E-state index >= 15 is 0 Å². The number of benzene rings is 2. The molecule has 0 unspecified atom stereocenters. The van der Waals surface area contributed by atoms with Gasteiger partial charge in [0.05, 0.1) is 7.11 Å². The number of phenolic OH excluding ortho intramolecular Hbond substituents is 2. The van der Waals surface area contributed by atoms with Gasteiger partial charge in [-0.05, 0) is 44.2 Å². The van der Waals surface area contributed by atoms with E-state index in [4.69, 9.17) is 18.9 Å². The molecule has 0 spiro atoms. The zero-order chi connectivity index (χ0) is 22.3. The van der Waals surface area contributed by atoms with Gasteiger partial charge in [-0.15, -0.1) is 0 Å². The van der Waals surface area contributed by atoms with E-state index in [-0.39, 0.29) is 46.5 Å². The first kappa shape index (κ1) is 22.4. The Hall–Kier alpha value is -3.94. The Labute approximate surface area is 173 Å². The molecule has 2 aromatic carbocycles. The largest absolute Gasteiger partial charge is 0.508 e. The van der Waals surface area contributed by atoms with Crippen LogP contribution in [0, 0.1) is 0 Å². The van der Waals surface area contributed by atoms with Crippen molar-refractivity contribution >= 4 is 11.9 Å². The predicted molar refractivity (Wildman–Crippen MR) is 108 cm³/mol. The monoisotopic (exact) mass is 414 g/mol. The van der Waals surface area contributed by atoms with Crippen LogP contribution in [-0.4, -0.2) is 35.9 Å². The average molecular weight is 414 g/mol. The van der Waals surface area contributed by atoms with Crippen molar-refractivity contribution in [3.8, 4) is 34.5 Å². The molecule has 0 fully saturated rings. The summed E-state index contributed by atoms with van der Waals surface area (Å²) in [7, 11) is 1.41. The van der Waals surface area contributed by atoms with Crippen LogP contribution in [0.3, 0.4) is 0 Å². The summed E-state index contributed by atoms with van der Waals surface area (Å²) in [4.78, 5) is 23.7. The molecule has 8 heteroatoms. The molecule has 158 valence electrons. The van der Waals surface area contributed by atoms with Gasteiger partial charge in [-0.2, -0.15) is 0 Å². The van der Waals surface area contributed by atoms with Gasteiger partial charge in [0.15, 0.2) is 23.0 Å². The molecule has 0 saturated carbocycles. The van der Waals surface area contributed by atoms with E-state index in [9.17, 15) is 19.8 Å². The van der Waals surface area contributed by atoms with Gasteiger partial charge >= 0.3 is 11.9 Å². The Morgan fingerprint density at radius 1 is 0.967 bits per heavy atom. The average Bonchev–Trinajstić information content (AvgIpc) is 2.69. The van der Waals surface area contributed by atoms with Crippen molar-refractivity contribution in [1.29, 1.82) is 0 Å². The molecule has 8 nitrogen and oxygen atoms in total. The summed E-state index contributed by atoms with van der Waals surface area (Å²) in [6.45, 7) is 6.48. The lowest BCUT2D eigenvalue weighted by Crippen LogP contribution is -2.11. The second-order valence-corrected chi connectivity index (χ2v) is 6.22. The van der Waals surface area contributed by atoms with Gasteiger partial charge in [0.25, 0.3) is 0 Å². The second kappa shape index (κ2) is 10.0. The minimum Gasteiger partial charge on any atom is -0.508 e. The molecule has 0 heterocycles. The Kier molecular flexibility index (Phi) is 7.46. The number of carbonyl (C=O) groups excluding carboxylic acids is 2. The Morgan fingerprint density at radius 2 is 1.67 bits per heavy atom. The van der Waals surface area contributed by atoms with Gasteiger partial charge in [-0.1, -0.05) is 6.58 Å². The number of hydrogen-bond acceptors (Lipinski definition) is 8. The summed E-state index contributed by atoms with van der Waals surface area (Å²) in [5.74, 6) is -0.925. The lowest BCUT2D eigenvalue weighted by molar-refractivity contribution is -0.131. The molecule has 0 aromatic heterocycles. The third-order valence-corrected chi connectivity index (χ3v) is 3.79. The molecule has 0 aliphatic carbocycles. The van der Waals surface area contributed by atoms with Crippen LogP contribution < -0.4 is 18.9 Å². The van der Waals surface area contributed by atoms with E-state index in [1.165, 1.54) is 63.4 Å². The third kappa shape index (κ3) is 6.03. The molecule has 2 N–H and O–H groups in total. The molecule has 0 aliphatic rings. The smallest absolute Gasteiger partial charge is 0.339 e. The van der Waals surface area contributed by atoms with Crippen molar-refractivity contribution in [2.75, 3.05) is 13.7 Å². The normalized spacial score (nSPS) is 10.8. The number of methoxy groups -OCH3 is 1. The van der Waals surface area contributed by atoms with E-state index < -0.39 is 11.9 Å². The van der Waals surface area contributed by atoms with Gasteiger partial charge in [-0.25, -0.2) is 9.59 Å². The van der Waals surface area contributed by atoms with Crippen LogP contribution in [0.2, 0.25) is 0 Å². The lowest BCUT2D eigenvalue weighted by Gasteiger charge is -2.10. The van der Waals surface area contributed by atoms with Crippen LogP contribution in [0.15, 0.2) is 60.2 Å². The van der Waals surface area contributed by atoms with E-state index in [0.29, 0.717) is 5.75 Å². The highest BCUT2D eigenvalue weighted by Gasteiger charge is 2.13. The van der Waals surface area contributed by atoms with Crippen molar-refractivity contribution in [2.45, 2.75) is 13.8 Å². The van der Waals surface area contributed by atoms with Gasteiger partial charge in [-0.3, -0.25) is 0 Å². The van der Waals surface area contributed by atoms with E-state index in [1.807, 2.05) is 0 Å². The fourth-order valence-electron chi connectivity index (χ4n) is 2.14. The minimum atomic E-state index is -0.659. The summed E-state index contributed by atoms with van der Waals surface area (Å²) >= 11 is 0. The zero-order valence-electron chi connectivity index (χ0n) is 16.8. The maximum atomic E-state index is 12.2. The maximum Gasteiger partial charge on any atom is 0.339 e. The van der Waals surface area contributed by atoms with Crippen LogP contribution in [0.4, 0.5) is 0 Å². The highest BCUT2D eigenvalue weighted by molar-refractivity contribution is 5.90. The van der Waals surface area contributed by atoms with Gasteiger partial charge in [0.1, 0.15) is 18.1 Å². The number of esters is 2. The van der Waals surface area contributed by atoms with Crippen molar-refractivity contribution in [3.05, 3.63) is 60.2 Å². The highest BCUT2D eigenvalue weighted by atomic mass is 16.6. The Balaban J connectivity index is 1.97. The molecule has 0 bridgehead atoms. The standard InChI is InChI=1S/C22H22O8/c1-13(2)21(25)29-16-6-8-18(17(24)12-16)28-10-9-14(3)22(26)30-20-11-15(23)5-7-19(20)27-4/h5-9,11-12,23-24H,1,10H2,2-4H3/b14-9+. The van der Waals surface area contributed by atoms with Crippen molar-refractivity contribution < 1.29 is 38.7 Å². The van der Waals surface area contributed by atoms with Gasteiger partial charge < -0.3 is 29.2 Å². The summed E-state index contributed by atoms with van der Waals surface area (Å²) in [5, 5.41) is 19.5. The van der Waals surface area contributed by atoms with E-state index in [2.05, 4.69) is 6.58 Å². The second-order valence-electron chi connectivity index (χ2n) is 6.22. The molecule has 0 atom stereocenters.